The third-order valence-corrected chi connectivity index (χ3v) is 2.80. The molecule has 0 unspecified atom stereocenters. The molecule has 0 heterocycles. The van der Waals surface area contributed by atoms with Gasteiger partial charge in [-0.2, -0.15) is 0 Å². The van der Waals surface area contributed by atoms with Crippen LogP contribution in [0.15, 0.2) is 54.6 Å². The van der Waals surface area contributed by atoms with E-state index in [0.29, 0.717) is 0 Å². The lowest BCUT2D eigenvalue weighted by Crippen LogP contribution is -2.16. The Hall–Kier alpha value is -1.80. The summed E-state index contributed by atoms with van der Waals surface area (Å²) in [7, 11) is 2.06. The standard InChI is InChI=1S/C15H17NO/c1-16(11-13-6-3-2-4-7-13)15-9-5-8-14(10-15)12-17/h2-10,17H,11-12H2,1H3. The minimum absolute atomic E-state index is 0.0903. The maximum Gasteiger partial charge on any atom is 0.0682 e. The highest BCUT2D eigenvalue weighted by Gasteiger charge is 2.02. The van der Waals surface area contributed by atoms with Gasteiger partial charge in [0, 0.05) is 19.3 Å². The van der Waals surface area contributed by atoms with Crippen LogP contribution in [-0.2, 0) is 13.2 Å². The van der Waals surface area contributed by atoms with Crippen molar-refractivity contribution in [1.82, 2.24) is 0 Å². The summed E-state index contributed by atoms with van der Waals surface area (Å²) in [6.07, 6.45) is 0. The summed E-state index contributed by atoms with van der Waals surface area (Å²) in [4.78, 5) is 2.18. The second-order valence-corrected chi connectivity index (χ2v) is 4.17. The Labute approximate surface area is 102 Å². The molecule has 0 bridgehead atoms. The molecular formula is C15H17NO. The van der Waals surface area contributed by atoms with E-state index in [1.54, 1.807) is 0 Å². The maximum atomic E-state index is 9.12. The van der Waals surface area contributed by atoms with Crippen molar-refractivity contribution in [1.29, 1.82) is 0 Å². The summed E-state index contributed by atoms with van der Waals surface area (Å²) in [5.41, 5.74) is 3.35. The van der Waals surface area contributed by atoms with Gasteiger partial charge in [0.2, 0.25) is 0 Å². The van der Waals surface area contributed by atoms with E-state index in [1.807, 2.05) is 36.4 Å². The molecule has 2 rings (SSSR count). The molecule has 17 heavy (non-hydrogen) atoms. The van der Waals surface area contributed by atoms with E-state index in [0.717, 1.165) is 17.8 Å². The van der Waals surface area contributed by atoms with Gasteiger partial charge in [0.1, 0.15) is 0 Å². The van der Waals surface area contributed by atoms with Crippen molar-refractivity contribution in [2.24, 2.45) is 0 Å². The van der Waals surface area contributed by atoms with Gasteiger partial charge in [-0.25, -0.2) is 0 Å². The molecule has 0 aliphatic rings. The number of benzene rings is 2. The molecule has 0 aliphatic heterocycles. The predicted molar refractivity (Wildman–Crippen MR) is 70.9 cm³/mol. The quantitative estimate of drug-likeness (QED) is 0.868. The first-order valence-corrected chi connectivity index (χ1v) is 5.74. The van der Waals surface area contributed by atoms with Crippen molar-refractivity contribution in [2.75, 3.05) is 11.9 Å². The van der Waals surface area contributed by atoms with Gasteiger partial charge in [-0.15, -0.1) is 0 Å². The van der Waals surface area contributed by atoms with Crippen LogP contribution >= 0.6 is 0 Å². The lowest BCUT2D eigenvalue weighted by Gasteiger charge is -2.20. The van der Waals surface area contributed by atoms with Crippen molar-refractivity contribution >= 4 is 5.69 Å². The molecule has 0 aromatic heterocycles. The molecule has 2 heteroatoms. The van der Waals surface area contributed by atoms with E-state index < -0.39 is 0 Å². The minimum atomic E-state index is 0.0903. The topological polar surface area (TPSA) is 23.5 Å². The molecular weight excluding hydrogens is 210 g/mol. The van der Waals surface area contributed by atoms with Gasteiger partial charge in [-0.3, -0.25) is 0 Å². The van der Waals surface area contributed by atoms with Crippen molar-refractivity contribution in [2.45, 2.75) is 13.2 Å². The molecule has 0 fully saturated rings. The number of anilines is 1. The molecule has 1 N–H and O–H groups in total. The van der Waals surface area contributed by atoms with Gasteiger partial charge in [0.25, 0.3) is 0 Å². The van der Waals surface area contributed by atoms with Gasteiger partial charge in [-0.1, -0.05) is 42.5 Å². The van der Waals surface area contributed by atoms with Crippen molar-refractivity contribution in [3.05, 3.63) is 65.7 Å². The van der Waals surface area contributed by atoms with Crippen molar-refractivity contribution < 1.29 is 5.11 Å². The average molecular weight is 227 g/mol. The molecule has 0 amide bonds. The van der Waals surface area contributed by atoms with Gasteiger partial charge in [0.15, 0.2) is 0 Å². The van der Waals surface area contributed by atoms with Crippen LogP contribution in [0.25, 0.3) is 0 Å². The first kappa shape index (κ1) is 11.7. The van der Waals surface area contributed by atoms with E-state index in [-0.39, 0.29) is 6.61 Å². The zero-order valence-corrected chi connectivity index (χ0v) is 10.0. The fraction of sp³-hybridized carbons (Fsp3) is 0.200. The second kappa shape index (κ2) is 5.51. The highest BCUT2D eigenvalue weighted by molar-refractivity contribution is 5.48. The molecule has 0 atom stereocenters. The van der Waals surface area contributed by atoms with E-state index in [2.05, 4.69) is 30.1 Å². The summed E-state index contributed by atoms with van der Waals surface area (Å²) in [5.74, 6) is 0. The highest BCUT2D eigenvalue weighted by atomic mass is 16.3. The van der Waals surface area contributed by atoms with Crippen LogP contribution in [0.3, 0.4) is 0 Å². The molecule has 2 nitrogen and oxygen atoms in total. The number of aliphatic hydroxyl groups excluding tert-OH is 1. The molecule has 0 saturated carbocycles. The Kier molecular flexibility index (Phi) is 3.78. The number of rotatable bonds is 4. The number of hydrogen-bond acceptors (Lipinski definition) is 2. The second-order valence-electron chi connectivity index (χ2n) is 4.17. The number of aliphatic hydroxyl groups is 1. The van der Waals surface area contributed by atoms with Gasteiger partial charge in [-0.05, 0) is 23.3 Å². The van der Waals surface area contributed by atoms with Gasteiger partial charge in [0.05, 0.1) is 6.61 Å². The molecule has 88 valence electrons. The normalized spacial score (nSPS) is 10.2. The van der Waals surface area contributed by atoms with Crippen LogP contribution in [-0.4, -0.2) is 12.2 Å². The van der Waals surface area contributed by atoms with E-state index in [1.165, 1.54) is 5.56 Å². The van der Waals surface area contributed by atoms with Crippen LogP contribution in [0, 0.1) is 0 Å². The average Bonchev–Trinajstić information content (AvgIpc) is 2.40. The van der Waals surface area contributed by atoms with Crippen molar-refractivity contribution in [3.63, 3.8) is 0 Å². The first-order chi connectivity index (χ1) is 8.29. The van der Waals surface area contributed by atoms with E-state index in [9.17, 15) is 0 Å². The zero-order valence-electron chi connectivity index (χ0n) is 10.0. The fourth-order valence-corrected chi connectivity index (χ4v) is 1.84. The van der Waals surface area contributed by atoms with Gasteiger partial charge < -0.3 is 10.0 Å². The molecule has 0 spiro atoms. The lowest BCUT2D eigenvalue weighted by molar-refractivity contribution is 0.282. The summed E-state index contributed by atoms with van der Waals surface area (Å²) in [6, 6.07) is 18.3. The Morgan fingerprint density at radius 2 is 1.65 bits per heavy atom. The summed E-state index contributed by atoms with van der Waals surface area (Å²) in [5, 5.41) is 9.12. The van der Waals surface area contributed by atoms with Crippen molar-refractivity contribution in [3.8, 4) is 0 Å². The third-order valence-electron chi connectivity index (χ3n) is 2.80. The van der Waals surface area contributed by atoms with Crippen LogP contribution in [0.1, 0.15) is 11.1 Å². The Morgan fingerprint density at radius 1 is 0.941 bits per heavy atom. The monoisotopic (exact) mass is 227 g/mol. The Balaban J connectivity index is 2.11. The summed E-state index contributed by atoms with van der Waals surface area (Å²) >= 11 is 0. The SMILES string of the molecule is CN(Cc1ccccc1)c1cccc(CO)c1. The summed E-state index contributed by atoms with van der Waals surface area (Å²) < 4.78 is 0. The minimum Gasteiger partial charge on any atom is -0.392 e. The molecule has 0 aliphatic carbocycles. The van der Waals surface area contributed by atoms with E-state index >= 15 is 0 Å². The number of hydrogen-bond donors (Lipinski definition) is 1. The zero-order chi connectivity index (χ0) is 12.1. The largest absolute Gasteiger partial charge is 0.392 e. The van der Waals surface area contributed by atoms with Crippen LogP contribution < -0.4 is 4.90 Å². The van der Waals surface area contributed by atoms with Gasteiger partial charge >= 0.3 is 0 Å². The Bertz CT molecular complexity index is 467. The Morgan fingerprint density at radius 3 is 2.35 bits per heavy atom. The molecule has 0 saturated heterocycles. The fourth-order valence-electron chi connectivity index (χ4n) is 1.84. The van der Waals surface area contributed by atoms with Crippen LogP contribution in [0.4, 0.5) is 5.69 Å². The highest BCUT2D eigenvalue weighted by Crippen LogP contribution is 2.17. The maximum absolute atomic E-state index is 9.12. The number of nitrogens with zero attached hydrogens (tertiary/aromatic N) is 1. The smallest absolute Gasteiger partial charge is 0.0682 e. The molecule has 2 aromatic carbocycles. The first-order valence-electron chi connectivity index (χ1n) is 5.74. The van der Waals surface area contributed by atoms with Crippen LogP contribution in [0.2, 0.25) is 0 Å². The summed E-state index contributed by atoms with van der Waals surface area (Å²) in [6.45, 7) is 0.961. The van der Waals surface area contributed by atoms with E-state index in [4.69, 9.17) is 5.11 Å². The molecule has 0 radical (unpaired) electrons. The molecule has 2 aromatic rings. The third kappa shape index (κ3) is 3.08. The lowest BCUT2D eigenvalue weighted by atomic mass is 10.1. The predicted octanol–water partition coefficient (Wildman–Crippen LogP) is 2.82. The van der Waals surface area contributed by atoms with Crippen LogP contribution in [0.5, 0.6) is 0 Å².